The lowest BCUT2D eigenvalue weighted by molar-refractivity contribution is 1.46. The number of benzene rings is 6. The molecule has 200 valence electrons. The first-order valence-electron chi connectivity index (χ1n) is 14.2. The van der Waals surface area contributed by atoms with Crippen LogP contribution in [-0.2, 0) is 0 Å². The van der Waals surface area contributed by atoms with Gasteiger partial charge in [-0.15, -0.1) is 0 Å². The van der Waals surface area contributed by atoms with Crippen LogP contribution < -0.4 is 0 Å². The predicted molar refractivity (Wildman–Crippen MR) is 179 cm³/mol. The summed E-state index contributed by atoms with van der Waals surface area (Å²) >= 11 is 0. The van der Waals surface area contributed by atoms with Gasteiger partial charge in [0, 0.05) is 22.3 Å². The van der Waals surface area contributed by atoms with Crippen LogP contribution in [-0.4, -0.2) is 5.71 Å². The summed E-state index contributed by atoms with van der Waals surface area (Å²) in [6.45, 7) is 0. The Hall–Kier alpha value is -5.53. The molecule has 0 radical (unpaired) electrons. The molecule has 6 aromatic carbocycles. The zero-order valence-corrected chi connectivity index (χ0v) is 23.3. The second kappa shape index (κ2) is 13.2. The summed E-state index contributed by atoms with van der Waals surface area (Å²) in [6.07, 6.45) is 2.28. The highest BCUT2D eigenvalue weighted by Crippen LogP contribution is 2.40. The lowest BCUT2D eigenvalue weighted by Gasteiger charge is -2.19. The molecule has 0 saturated carbocycles. The van der Waals surface area contributed by atoms with Crippen molar-refractivity contribution in [1.82, 2.24) is 0 Å². The van der Waals surface area contributed by atoms with Gasteiger partial charge in [0.25, 0.3) is 0 Å². The van der Waals surface area contributed by atoms with Crippen molar-refractivity contribution in [3.8, 4) is 0 Å². The minimum Gasteiger partial charge on any atom is -0.246 e. The third-order valence-electron chi connectivity index (χ3n) is 7.13. The molecule has 0 aliphatic heterocycles. The Morgan fingerprint density at radius 2 is 0.714 bits per heavy atom. The largest absolute Gasteiger partial charge is 0.246 e. The molecule has 0 spiro atoms. The fourth-order valence-corrected chi connectivity index (χ4v) is 5.12. The van der Waals surface area contributed by atoms with Crippen molar-refractivity contribution in [2.24, 2.45) is 4.99 Å². The number of aliphatic imine (C=N–C) groups is 1. The highest BCUT2D eigenvalue weighted by molar-refractivity contribution is 6.22. The van der Waals surface area contributed by atoms with Crippen LogP contribution in [0.1, 0.15) is 33.4 Å². The van der Waals surface area contributed by atoms with Gasteiger partial charge in [0.05, 0.1) is 11.4 Å². The second-order valence-corrected chi connectivity index (χ2v) is 9.98. The molecule has 0 aliphatic rings. The summed E-state index contributed by atoms with van der Waals surface area (Å²) in [4.78, 5) is 5.61. The van der Waals surface area contributed by atoms with Gasteiger partial charge in [-0.2, -0.15) is 0 Å². The predicted octanol–water partition coefficient (Wildman–Crippen LogP) is 10.3. The Morgan fingerprint density at radius 3 is 1.17 bits per heavy atom. The maximum atomic E-state index is 5.61. The van der Waals surface area contributed by atoms with Crippen LogP contribution in [0.25, 0.3) is 22.9 Å². The fraction of sp³-hybridized carbons (Fsp3) is 0. The molecular formula is C41H31N. The molecule has 6 aromatic rings. The maximum Gasteiger partial charge on any atom is 0.0794 e. The first kappa shape index (κ1) is 26.7. The third-order valence-corrected chi connectivity index (χ3v) is 7.13. The third kappa shape index (κ3) is 6.27. The minimum absolute atomic E-state index is 0.913. The number of nitrogens with zero attached hydrogens (tertiary/aromatic N) is 1. The van der Waals surface area contributed by atoms with Crippen molar-refractivity contribution < 1.29 is 0 Å². The van der Waals surface area contributed by atoms with E-state index in [9.17, 15) is 0 Å². The number of rotatable bonds is 8. The number of hydrogen-bond acceptors (Lipinski definition) is 1. The van der Waals surface area contributed by atoms with E-state index in [0.717, 1.165) is 55.9 Å². The number of hydrogen-bond donors (Lipinski definition) is 0. The summed E-state index contributed by atoms with van der Waals surface area (Å²) in [5.41, 5.74) is 10.6. The van der Waals surface area contributed by atoms with Crippen LogP contribution in [0.2, 0.25) is 0 Å². The van der Waals surface area contributed by atoms with Gasteiger partial charge in [-0.25, -0.2) is 4.99 Å². The van der Waals surface area contributed by atoms with E-state index in [1.54, 1.807) is 0 Å². The summed E-state index contributed by atoms with van der Waals surface area (Å²) in [7, 11) is 0. The van der Waals surface area contributed by atoms with Gasteiger partial charge in [-0.3, -0.25) is 0 Å². The molecule has 1 nitrogen and oxygen atoms in total. The first-order chi connectivity index (χ1) is 20.9. The fourth-order valence-electron chi connectivity index (χ4n) is 5.12. The lowest BCUT2D eigenvalue weighted by atomic mass is 9.87. The highest BCUT2D eigenvalue weighted by Gasteiger charge is 2.19. The van der Waals surface area contributed by atoms with E-state index in [1.165, 1.54) is 0 Å². The maximum absolute atomic E-state index is 5.61. The Balaban J connectivity index is 1.75. The van der Waals surface area contributed by atoms with Crippen molar-refractivity contribution in [2.75, 3.05) is 0 Å². The van der Waals surface area contributed by atoms with Crippen molar-refractivity contribution in [3.05, 3.63) is 215 Å². The normalized spacial score (nSPS) is 11.9. The van der Waals surface area contributed by atoms with Crippen molar-refractivity contribution >= 4 is 28.6 Å². The van der Waals surface area contributed by atoms with Gasteiger partial charge in [0.15, 0.2) is 0 Å². The van der Waals surface area contributed by atoms with Crippen LogP contribution >= 0.6 is 0 Å². The van der Waals surface area contributed by atoms with E-state index in [2.05, 4.69) is 176 Å². The average Bonchev–Trinajstić information content (AvgIpc) is 3.08. The highest BCUT2D eigenvalue weighted by atomic mass is 14.8. The van der Waals surface area contributed by atoms with Crippen LogP contribution in [0.15, 0.2) is 187 Å². The van der Waals surface area contributed by atoms with E-state index >= 15 is 0 Å². The average molecular weight is 538 g/mol. The van der Waals surface area contributed by atoms with Crippen molar-refractivity contribution in [1.29, 1.82) is 0 Å². The van der Waals surface area contributed by atoms with E-state index < -0.39 is 0 Å². The summed E-state index contributed by atoms with van der Waals surface area (Å²) in [5, 5.41) is 0. The second-order valence-electron chi connectivity index (χ2n) is 9.98. The molecule has 0 amide bonds. The molecule has 0 unspecified atom stereocenters. The van der Waals surface area contributed by atoms with E-state index in [-0.39, 0.29) is 0 Å². The van der Waals surface area contributed by atoms with Gasteiger partial charge in [0.2, 0.25) is 0 Å². The molecule has 0 atom stereocenters. The monoisotopic (exact) mass is 537 g/mol. The van der Waals surface area contributed by atoms with Crippen molar-refractivity contribution in [3.63, 3.8) is 0 Å². The van der Waals surface area contributed by atoms with Crippen LogP contribution in [0.3, 0.4) is 0 Å². The molecule has 0 aromatic heterocycles. The topological polar surface area (TPSA) is 12.4 Å². The van der Waals surface area contributed by atoms with Gasteiger partial charge in [0.1, 0.15) is 0 Å². The molecule has 0 N–H and O–H groups in total. The summed E-state index contributed by atoms with van der Waals surface area (Å²) < 4.78 is 0. The van der Waals surface area contributed by atoms with E-state index in [0.29, 0.717) is 0 Å². The quantitative estimate of drug-likeness (QED) is 0.104. The molecule has 6 rings (SSSR count). The smallest absolute Gasteiger partial charge is 0.0794 e. The molecular weight excluding hydrogens is 506 g/mol. The Bertz CT molecular complexity index is 1760. The Labute approximate surface area is 248 Å². The van der Waals surface area contributed by atoms with Crippen LogP contribution in [0.4, 0.5) is 0 Å². The van der Waals surface area contributed by atoms with Crippen LogP contribution in [0, 0.1) is 0 Å². The Kier molecular flexibility index (Phi) is 8.40. The standard InChI is InChI=1S/C41H31N/c1-7-19-32(20-8-1)31-38(33-21-9-2-10-22-33)39(34-23-11-3-12-24-34)41(37-29-17-6-18-30-37)42-40(35-25-13-4-14-26-35)36-27-15-5-16-28-36/h1-31H/b38-31?,41-39-. The van der Waals surface area contributed by atoms with Crippen LogP contribution in [0.5, 0.6) is 0 Å². The SMILES string of the molecule is C(=C(/C(=C(\N=C(c1ccccc1)c1ccccc1)c1ccccc1)c1ccccc1)c1ccccc1)c1ccccc1. The van der Waals surface area contributed by atoms with Crippen molar-refractivity contribution in [2.45, 2.75) is 0 Å². The molecule has 0 fully saturated rings. The Morgan fingerprint density at radius 1 is 0.357 bits per heavy atom. The first-order valence-corrected chi connectivity index (χ1v) is 14.2. The molecule has 0 heterocycles. The van der Waals surface area contributed by atoms with Gasteiger partial charge in [-0.05, 0) is 28.3 Å². The minimum atomic E-state index is 0.913. The van der Waals surface area contributed by atoms with Gasteiger partial charge < -0.3 is 0 Å². The van der Waals surface area contributed by atoms with Gasteiger partial charge >= 0.3 is 0 Å². The van der Waals surface area contributed by atoms with Gasteiger partial charge in [-0.1, -0.05) is 182 Å². The molecule has 42 heavy (non-hydrogen) atoms. The van der Waals surface area contributed by atoms with E-state index in [1.807, 2.05) is 12.1 Å². The molecule has 0 bridgehead atoms. The lowest BCUT2D eigenvalue weighted by Crippen LogP contribution is -2.05. The molecule has 1 heteroatoms. The number of allylic oxidation sites excluding steroid dienone is 2. The summed E-state index contributed by atoms with van der Waals surface area (Å²) in [6, 6.07) is 63.2. The molecule has 0 saturated heterocycles. The zero-order valence-electron chi connectivity index (χ0n) is 23.3. The zero-order chi connectivity index (χ0) is 28.4. The summed E-state index contributed by atoms with van der Waals surface area (Å²) in [5.74, 6) is 0. The molecule has 0 aliphatic carbocycles. The van der Waals surface area contributed by atoms with E-state index in [4.69, 9.17) is 4.99 Å².